The summed E-state index contributed by atoms with van der Waals surface area (Å²) in [5.74, 6) is -19.5. The van der Waals surface area contributed by atoms with Crippen LogP contribution in [0, 0.1) is 11.8 Å². The van der Waals surface area contributed by atoms with Crippen LogP contribution < -0.4 is 51.8 Å². The lowest BCUT2D eigenvalue weighted by Crippen LogP contribution is -2.65. The Morgan fingerprint density at radius 3 is 2.03 bits per heavy atom. The highest BCUT2D eigenvalue weighted by Crippen LogP contribution is 2.51. The molecule has 11 bridgehead atoms. The lowest BCUT2D eigenvalue weighted by atomic mass is 9.84. The quantitative estimate of drug-likeness (QED) is 0.0496. The van der Waals surface area contributed by atoms with Crippen molar-refractivity contribution in [3.8, 4) is 57.1 Å². The Morgan fingerprint density at radius 2 is 1.41 bits per heavy atom. The van der Waals surface area contributed by atoms with Crippen molar-refractivity contribution >= 4 is 76.6 Å². The molecule has 634 valence electrons. The van der Waals surface area contributed by atoms with Crippen LogP contribution in [0.1, 0.15) is 124 Å². The van der Waals surface area contributed by atoms with Gasteiger partial charge in [0.1, 0.15) is 108 Å². The number of likely N-dealkylation sites (N-methyl/N-ethyl adjacent to an activating group) is 1. The molecule has 5 amide bonds. The fraction of sp³-hybridized carbons (Fsp3) is 0.462. The van der Waals surface area contributed by atoms with Gasteiger partial charge in [-0.15, -0.1) is 0 Å². The van der Waals surface area contributed by atoms with Gasteiger partial charge in [0, 0.05) is 72.4 Å². The summed E-state index contributed by atoms with van der Waals surface area (Å²) >= 11 is 14.5. The zero-order chi connectivity index (χ0) is 85.4. The highest BCUT2D eigenvalue weighted by Gasteiger charge is 2.53. The number of Topliss-reactive ketones (excluding diaryl/α,β-unsaturated/α-hetero) is 2. The molecule has 6 aromatic rings. The molecule has 40 heteroatoms. The third-order valence-corrected chi connectivity index (χ3v) is 22.1. The van der Waals surface area contributed by atoms with Crippen molar-refractivity contribution in [1.82, 2.24) is 41.9 Å². The predicted octanol–water partition coefficient (Wildman–Crippen LogP) is 0.667. The summed E-state index contributed by atoms with van der Waals surface area (Å²) in [7, 11) is 1.48. The van der Waals surface area contributed by atoms with E-state index < -0.39 is 285 Å². The summed E-state index contributed by atoms with van der Waals surface area (Å²) in [6.07, 6.45) is -29.0. The van der Waals surface area contributed by atoms with Gasteiger partial charge in [-0.25, -0.2) is 9.78 Å². The number of nitrogens with zero attached hydrogens (tertiary/aromatic N) is 1. The van der Waals surface area contributed by atoms with Crippen molar-refractivity contribution in [2.75, 3.05) is 13.7 Å². The standard InChI is InChI=1S/C78H89Cl2N9O29/c1-29(2)12-43(82-5)73(107)88-59-46(95)16-35(19-54(81)97)71(105)86-57-34-17-50(112-48-10-7-32(61(59)98)14-41(48)79)68(117-77-66(103)64(101)69(53(27-91)115-77)118-76-65(102)63(100)62(99)52(26-90)114-76)51(18-34)113-49-11-8-33(15-42(49)80)67(116-55-23-78(4,70(104)30(3)111-55)85-25-36-24-83-28-84-36)60-74(108)87-58(75(109)110)40-20-37(92)21-45(94)56(40)39-13-31(6-9-44(39)93)38(22-47(57)96)72(106)89-60/h6-11,13-15,17-18,20-21,24,26,28-30,35,38,43,52-53,55,57-67,69-70,76-77,82,85,91-94,98-104H,12,16,19,22-23,25,27H2,1-5H3,(H2,81,97)(H,83,84)(H,86,105)(H,87,108)(H,88,107)(H,89,106)(H,109,110)/t30-,35-,38?,43+,52+,53+,55?,57+,58+,59-,60-,61+,62-,63-,64+,65+,66+,67+,69+,70-,76?,77-,78-/m0/s1. The summed E-state index contributed by atoms with van der Waals surface area (Å²) < 4.78 is 50.5. The average Bonchev–Trinajstić information content (AvgIpc) is 1.07. The van der Waals surface area contributed by atoms with Crippen LogP contribution in [-0.2, 0) is 73.4 Å². The number of rotatable bonds is 19. The molecule has 38 nitrogen and oxygen atoms in total. The van der Waals surface area contributed by atoms with Crippen LogP contribution in [0.2, 0.25) is 10.0 Å². The number of aliphatic hydroxyl groups excluding tert-OH is 8. The van der Waals surface area contributed by atoms with E-state index in [0.29, 0.717) is 5.69 Å². The molecule has 0 radical (unpaired) electrons. The first-order valence-electron chi connectivity index (χ1n) is 37.4. The first-order valence-corrected chi connectivity index (χ1v) is 38.2. The molecule has 23 atom stereocenters. The zero-order valence-corrected chi connectivity index (χ0v) is 65.1. The number of aldehydes is 1. The van der Waals surface area contributed by atoms with Gasteiger partial charge in [0.2, 0.25) is 41.6 Å². The minimum Gasteiger partial charge on any atom is -0.508 e. The number of halogens is 2. The number of phenols is 3. The number of hydrogen-bond donors (Lipinski definition) is 20. The Bertz CT molecular complexity index is 4790. The molecule has 8 aliphatic heterocycles. The molecule has 21 N–H and O–H groups in total. The van der Waals surface area contributed by atoms with Crippen LogP contribution in [0.15, 0.2) is 91.4 Å². The highest BCUT2D eigenvalue weighted by molar-refractivity contribution is 6.32. The number of aliphatic hydroxyl groups is 8. The maximum atomic E-state index is 16.6. The number of ketones is 2. The number of carboxylic acid groups (broad SMARTS) is 1. The molecule has 14 rings (SSSR count). The largest absolute Gasteiger partial charge is 0.508 e. The van der Waals surface area contributed by atoms with E-state index in [4.69, 9.17) is 66.8 Å². The number of hydrogen-bond acceptors (Lipinski definition) is 31. The Morgan fingerprint density at radius 1 is 0.737 bits per heavy atom. The summed E-state index contributed by atoms with van der Waals surface area (Å²) in [4.78, 5) is 140. The van der Waals surface area contributed by atoms with Crippen molar-refractivity contribution in [3.63, 3.8) is 0 Å². The van der Waals surface area contributed by atoms with Gasteiger partial charge >= 0.3 is 5.97 Å². The van der Waals surface area contributed by atoms with Crippen molar-refractivity contribution in [3.05, 3.63) is 135 Å². The van der Waals surface area contributed by atoms with Crippen molar-refractivity contribution < 1.29 is 142 Å². The number of carboxylic acids is 1. The van der Waals surface area contributed by atoms with Gasteiger partial charge in [-0.1, -0.05) is 55.2 Å². The summed E-state index contributed by atoms with van der Waals surface area (Å²) in [6.45, 7) is 5.75. The summed E-state index contributed by atoms with van der Waals surface area (Å²) in [5.41, 5.74) is 2.49. The number of aliphatic carboxylic acids is 1. The molecule has 0 aliphatic carbocycles. The molecular weight excluding hydrogens is 1600 g/mol. The number of carbonyl (C=O) groups is 9. The molecule has 0 spiro atoms. The van der Waals surface area contributed by atoms with Gasteiger partial charge < -0.3 is 147 Å². The maximum absolute atomic E-state index is 16.6. The van der Waals surface area contributed by atoms with Crippen molar-refractivity contribution in [2.24, 2.45) is 17.6 Å². The first-order chi connectivity index (χ1) is 56.0. The Kier molecular flexibility index (Phi) is 26.8. The number of aromatic nitrogens is 2. The fourth-order valence-corrected chi connectivity index (χ4v) is 15.7. The van der Waals surface area contributed by atoms with Crippen LogP contribution in [0.3, 0.4) is 0 Å². The SMILES string of the molecule is CN[C@H](CC(C)C)C(=O)N[C@H]1C(=O)C[C@@H](CC(N)=O)C(=O)N[C@H]2C(=O)CC3C(=O)N[C@H](C(=O)N[C@@H](C(=O)O)c4cc(O)cc(O)c4-c4cc3ccc4O)[C@H](OC3C[C@](C)(NCc4cnc[nH]4)[C@@H](O)[C@H](C)O3)c3ccc(c(Cl)c3)Oc3cc2cc(c3O[C@@H]2O[C@H](CO)[C@@H](OC3O[C@H](C=O)[C@H](O)[C@H](O)[C@H]3O)[C@H](O)[C@H]2O)Oc2ccc(cc2Cl)[C@H]1O. The van der Waals surface area contributed by atoms with Gasteiger partial charge in [-0.3, -0.25) is 33.6 Å². The van der Waals surface area contributed by atoms with Crippen LogP contribution >= 0.6 is 23.2 Å². The number of benzene rings is 5. The third kappa shape index (κ3) is 18.5. The van der Waals surface area contributed by atoms with E-state index in [1.54, 1.807) is 6.92 Å². The van der Waals surface area contributed by atoms with E-state index in [2.05, 4.69) is 41.9 Å². The number of aromatic hydroxyl groups is 3. The molecular formula is C78H89Cl2N9O29. The van der Waals surface area contributed by atoms with E-state index in [0.717, 1.165) is 48.5 Å². The smallest absolute Gasteiger partial charge is 0.330 e. The molecule has 3 fully saturated rings. The molecule has 9 heterocycles. The number of primary amides is 1. The van der Waals surface area contributed by atoms with Crippen LogP contribution in [-0.4, -0.2) is 242 Å². The van der Waals surface area contributed by atoms with E-state index in [1.165, 1.54) is 56.8 Å². The number of carbonyl (C=O) groups excluding carboxylic acids is 8. The molecule has 3 unspecified atom stereocenters. The second kappa shape index (κ2) is 36.2. The minimum absolute atomic E-state index is 0.0861. The van der Waals surface area contributed by atoms with Crippen LogP contribution in [0.5, 0.6) is 46.0 Å². The Balaban J connectivity index is 1.09. The number of amides is 5. The molecule has 3 saturated heterocycles. The third-order valence-electron chi connectivity index (χ3n) is 21.6. The van der Waals surface area contributed by atoms with Crippen LogP contribution in [0.4, 0.5) is 0 Å². The number of nitrogens with two attached hydrogens (primary N) is 1. The first kappa shape index (κ1) is 87.2. The highest BCUT2D eigenvalue weighted by atomic mass is 35.5. The fourth-order valence-electron chi connectivity index (χ4n) is 15.2. The van der Waals surface area contributed by atoms with Gasteiger partial charge in [0.15, 0.2) is 48.0 Å². The van der Waals surface area contributed by atoms with E-state index in [9.17, 15) is 80.5 Å². The number of H-pyrrole nitrogens is 1. The summed E-state index contributed by atoms with van der Waals surface area (Å²) in [5, 5.41) is 153. The maximum Gasteiger partial charge on any atom is 0.330 e. The number of aromatic amines is 1. The van der Waals surface area contributed by atoms with E-state index in [1.807, 2.05) is 13.8 Å². The molecule has 5 aromatic carbocycles. The average molecular weight is 1690 g/mol. The predicted molar refractivity (Wildman–Crippen MR) is 405 cm³/mol. The topological polar surface area (TPSA) is 597 Å². The lowest BCUT2D eigenvalue weighted by molar-refractivity contribution is -0.346. The number of fused-ring (bicyclic) bond motifs is 15. The number of ether oxygens (including phenoxy) is 8. The molecule has 8 aliphatic rings. The van der Waals surface area contributed by atoms with Gasteiger partial charge in [-0.05, 0) is 110 Å². The minimum atomic E-state index is -2.37. The van der Waals surface area contributed by atoms with Crippen molar-refractivity contribution in [2.45, 2.75) is 200 Å². The normalized spacial score (nSPS) is 30.9. The number of imidazole rings is 1. The number of nitrogens with one attached hydrogen (secondary N) is 7. The van der Waals surface area contributed by atoms with Crippen molar-refractivity contribution in [1.29, 1.82) is 0 Å². The van der Waals surface area contributed by atoms with Gasteiger partial charge in [0.25, 0.3) is 0 Å². The second-order valence-electron chi connectivity index (χ2n) is 30.3. The molecule has 118 heavy (non-hydrogen) atoms. The van der Waals surface area contributed by atoms with Gasteiger partial charge in [-0.2, -0.15) is 0 Å². The molecule has 0 saturated carbocycles. The van der Waals surface area contributed by atoms with E-state index in [-0.39, 0.29) is 54.0 Å². The lowest BCUT2D eigenvalue weighted by Gasteiger charge is -2.46. The van der Waals surface area contributed by atoms with E-state index >= 15 is 24.0 Å². The number of phenolic OH excluding ortho intramolecular Hbond substituents is 3. The molecule has 1 aromatic heterocycles. The Labute approximate surface area is 681 Å². The Hall–Kier alpha value is -10.1. The monoisotopic (exact) mass is 1690 g/mol. The second-order valence-corrected chi connectivity index (χ2v) is 31.1. The summed E-state index contributed by atoms with van der Waals surface area (Å²) in [6, 6.07) is 4.25. The van der Waals surface area contributed by atoms with Crippen LogP contribution in [0.25, 0.3) is 11.1 Å². The van der Waals surface area contributed by atoms with Gasteiger partial charge in [0.05, 0.1) is 53.1 Å². The zero-order valence-electron chi connectivity index (χ0n) is 63.6.